The second-order valence-electron chi connectivity index (χ2n) is 7.40. The number of fused-ring (bicyclic) bond motifs is 2. The van der Waals surface area contributed by atoms with E-state index >= 15 is 0 Å². The first-order valence-corrected chi connectivity index (χ1v) is 10.2. The van der Waals surface area contributed by atoms with Crippen molar-refractivity contribution in [3.63, 3.8) is 0 Å². The SMILES string of the molecule is O=C(Nc1nc2cc(OCc3ccccc3)cc(C(=O)O)c2[nH]1)c1cc2ccccc2cn1. The zero-order chi connectivity index (χ0) is 22.8. The molecule has 0 saturated carbocycles. The van der Waals surface area contributed by atoms with Gasteiger partial charge in [-0.05, 0) is 23.1 Å². The van der Waals surface area contributed by atoms with Crippen molar-refractivity contribution in [3.8, 4) is 5.75 Å². The van der Waals surface area contributed by atoms with E-state index in [1.54, 1.807) is 18.3 Å². The Hall–Kier alpha value is -4.72. The summed E-state index contributed by atoms with van der Waals surface area (Å²) in [5.41, 5.74) is 1.82. The van der Waals surface area contributed by atoms with Gasteiger partial charge in [0.1, 0.15) is 18.1 Å². The fraction of sp³-hybridized carbons (Fsp3) is 0.0400. The summed E-state index contributed by atoms with van der Waals surface area (Å²) in [4.78, 5) is 35.9. The Morgan fingerprint density at radius 2 is 1.73 bits per heavy atom. The summed E-state index contributed by atoms with van der Waals surface area (Å²) in [6.45, 7) is 0.285. The van der Waals surface area contributed by atoms with E-state index in [9.17, 15) is 14.7 Å². The molecule has 162 valence electrons. The zero-order valence-electron chi connectivity index (χ0n) is 17.3. The van der Waals surface area contributed by atoms with Crippen LogP contribution in [0.5, 0.6) is 5.75 Å². The maximum absolute atomic E-state index is 12.7. The van der Waals surface area contributed by atoms with Crippen LogP contribution in [0, 0.1) is 0 Å². The van der Waals surface area contributed by atoms with Gasteiger partial charge in [-0.1, -0.05) is 54.6 Å². The average Bonchev–Trinajstić information content (AvgIpc) is 3.24. The summed E-state index contributed by atoms with van der Waals surface area (Å²) in [7, 11) is 0. The molecule has 0 aliphatic carbocycles. The maximum atomic E-state index is 12.7. The van der Waals surface area contributed by atoms with Crippen LogP contribution in [0.4, 0.5) is 5.95 Å². The highest BCUT2D eigenvalue weighted by Crippen LogP contribution is 2.26. The fourth-order valence-corrected chi connectivity index (χ4v) is 3.52. The standard InChI is InChI=1S/C25H18N4O4/c30-23(21-10-16-8-4-5-9-17(16)13-26-21)29-25-27-20-12-18(11-19(24(31)32)22(20)28-25)33-14-15-6-2-1-3-7-15/h1-13H,14H2,(H,31,32)(H2,27,28,29,30). The summed E-state index contributed by atoms with van der Waals surface area (Å²) >= 11 is 0. The number of rotatable bonds is 6. The lowest BCUT2D eigenvalue weighted by molar-refractivity contribution is 0.0698. The van der Waals surface area contributed by atoms with Gasteiger partial charge in [-0.2, -0.15) is 0 Å². The number of aromatic nitrogens is 3. The third-order valence-electron chi connectivity index (χ3n) is 5.14. The number of hydrogen-bond donors (Lipinski definition) is 3. The lowest BCUT2D eigenvalue weighted by Crippen LogP contribution is -2.14. The number of anilines is 1. The fourth-order valence-electron chi connectivity index (χ4n) is 3.52. The van der Waals surface area contributed by atoms with Crippen molar-refractivity contribution in [2.75, 3.05) is 5.32 Å². The van der Waals surface area contributed by atoms with Crippen LogP contribution >= 0.6 is 0 Å². The number of carboxylic acid groups (broad SMARTS) is 1. The Morgan fingerprint density at radius 1 is 0.970 bits per heavy atom. The van der Waals surface area contributed by atoms with Crippen molar-refractivity contribution in [2.24, 2.45) is 0 Å². The van der Waals surface area contributed by atoms with Crippen molar-refractivity contribution in [1.29, 1.82) is 0 Å². The van der Waals surface area contributed by atoms with E-state index in [2.05, 4.69) is 20.3 Å². The van der Waals surface area contributed by atoms with E-state index in [-0.39, 0.29) is 29.3 Å². The van der Waals surface area contributed by atoms with E-state index in [4.69, 9.17) is 4.74 Å². The van der Waals surface area contributed by atoms with Crippen molar-refractivity contribution in [2.45, 2.75) is 6.61 Å². The highest BCUT2D eigenvalue weighted by atomic mass is 16.5. The van der Waals surface area contributed by atoms with Crippen LogP contribution in [0.1, 0.15) is 26.4 Å². The van der Waals surface area contributed by atoms with Crippen LogP contribution in [0.15, 0.2) is 79.0 Å². The number of aromatic amines is 1. The molecule has 3 aromatic carbocycles. The smallest absolute Gasteiger partial charge is 0.338 e. The number of carboxylic acids is 1. The molecule has 0 aliphatic heterocycles. The largest absolute Gasteiger partial charge is 0.489 e. The lowest BCUT2D eigenvalue weighted by Gasteiger charge is -2.07. The van der Waals surface area contributed by atoms with Crippen LogP contribution in [0.3, 0.4) is 0 Å². The number of nitrogens with one attached hydrogen (secondary N) is 2. The summed E-state index contributed by atoms with van der Waals surface area (Å²) in [6.07, 6.45) is 1.63. The third kappa shape index (κ3) is 4.22. The Kier molecular flexibility index (Phi) is 5.16. The molecule has 8 nitrogen and oxygen atoms in total. The number of aromatic carboxylic acids is 1. The van der Waals surface area contributed by atoms with Crippen LogP contribution in [-0.4, -0.2) is 31.9 Å². The normalized spacial score (nSPS) is 10.9. The lowest BCUT2D eigenvalue weighted by atomic mass is 10.1. The van der Waals surface area contributed by atoms with E-state index in [1.807, 2.05) is 54.6 Å². The highest BCUT2D eigenvalue weighted by molar-refractivity contribution is 6.06. The van der Waals surface area contributed by atoms with Crippen LogP contribution in [0.2, 0.25) is 0 Å². The molecule has 0 atom stereocenters. The van der Waals surface area contributed by atoms with Crippen molar-refractivity contribution >= 4 is 39.6 Å². The summed E-state index contributed by atoms with van der Waals surface area (Å²) in [6, 6.07) is 21.9. The van der Waals surface area contributed by atoms with Crippen LogP contribution in [0.25, 0.3) is 21.8 Å². The number of nitrogens with zero attached hydrogens (tertiary/aromatic N) is 2. The molecule has 33 heavy (non-hydrogen) atoms. The molecule has 1 amide bonds. The molecule has 2 heterocycles. The van der Waals surface area contributed by atoms with Crippen molar-refractivity contribution in [3.05, 3.63) is 95.8 Å². The van der Waals surface area contributed by atoms with Crippen molar-refractivity contribution in [1.82, 2.24) is 15.0 Å². The van der Waals surface area contributed by atoms with E-state index in [0.29, 0.717) is 11.3 Å². The number of benzene rings is 3. The molecule has 0 spiro atoms. The van der Waals surface area contributed by atoms with E-state index in [0.717, 1.165) is 16.3 Å². The van der Waals surface area contributed by atoms with Crippen LogP contribution < -0.4 is 10.1 Å². The topological polar surface area (TPSA) is 117 Å². The van der Waals surface area contributed by atoms with Gasteiger partial charge in [-0.15, -0.1) is 0 Å². The number of amides is 1. The molecule has 0 fully saturated rings. The van der Waals surface area contributed by atoms with Gasteiger partial charge in [0.2, 0.25) is 5.95 Å². The Bertz CT molecular complexity index is 1490. The molecular formula is C25H18N4O4. The first-order chi connectivity index (χ1) is 16.1. The van der Waals surface area contributed by atoms with E-state index < -0.39 is 11.9 Å². The number of carbonyl (C=O) groups excluding carboxylic acids is 1. The molecule has 5 aromatic rings. The number of imidazole rings is 1. The number of pyridine rings is 1. The highest BCUT2D eigenvalue weighted by Gasteiger charge is 2.17. The van der Waals surface area contributed by atoms with Gasteiger partial charge in [-0.25, -0.2) is 9.78 Å². The molecular weight excluding hydrogens is 420 g/mol. The minimum atomic E-state index is -1.14. The molecule has 0 unspecified atom stereocenters. The second-order valence-corrected chi connectivity index (χ2v) is 7.40. The predicted octanol–water partition coefficient (Wildman–Crippen LogP) is 4.64. The molecule has 0 radical (unpaired) electrons. The number of H-pyrrole nitrogens is 1. The predicted molar refractivity (Wildman–Crippen MR) is 124 cm³/mol. The third-order valence-corrected chi connectivity index (χ3v) is 5.14. The zero-order valence-corrected chi connectivity index (χ0v) is 17.3. The first kappa shape index (κ1) is 20.2. The summed E-state index contributed by atoms with van der Waals surface area (Å²) in [5, 5.41) is 14.1. The Labute approximate surface area is 187 Å². The molecule has 2 aromatic heterocycles. The number of hydrogen-bond acceptors (Lipinski definition) is 5. The molecule has 0 bridgehead atoms. The molecule has 0 saturated heterocycles. The first-order valence-electron chi connectivity index (χ1n) is 10.2. The minimum Gasteiger partial charge on any atom is -0.489 e. The van der Waals surface area contributed by atoms with Gasteiger partial charge >= 0.3 is 5.97 Å². The Morgan fingerprint density at radius 3 is 2.52 bits per heavy atom. The monoisotopic (exact) mass is 438 g/mol. The van der Waals surface area contributed by atoms with Gasteiger partial charge in [0.25, 0.3) is 5.91 Å². The van der Waals surface area contributed by atoms with Crippen molar-refractivity contribution < 1.29 is 19.4 Å². The van der Waals surface area contributed by atoms with Gasteiger partial charge in [0, 0.05) is 17.6 Å². The Balaban J connectivity index is 1.42. The average molecular weight is 438 g/mol. The second kappa shape index (κ2) is 8.43. The van der Waals surface area contributed by atoms with E-state index in [1.165, 1.54) is 6.07 Å². The molecule has 3 N–H and O–H groups in total. The van der Waals surface area contributed by atoms with Crippen LogP contribution in [-0.2, 0) is 6.61 Å². The number of carbonyl (C=O) groups is 2. The summed E-state index contributed by atoms with van der Waals surface area (Å²) < 4.78 is 5.78. The van der Waals surface area contributed by atoms with Gasteiger partial charge < -0.3 is 14.8 Å². The quantitative estimate of drug-likeness (QED) is 0.356. The van der Waals surface area contributed by atoms with Gasteiger partial charge in [0.15, 0.2) is 0 Å². The number of ether oxygens (including phenoxy) is 1. The maximum Gasteiger partial charge on any atom is 0.338 e. The molecule has 0 aliphatic rings. The minimum absolute atomic E-state index is 0.00705. The van der Waals surface area contributed by atoms with Gasteiger partial charge in [0.05, 0.1) is 16.6 Å². The molecule has 8 heteroatoms. The van der Waals surface area contributed by atoms with Gasteiger partial charge in [-0.3, -0.25) is 15.1 Å². The molecule has 5 rings (SSSR count). The summed E-state index contributed by atoms with van der Waals surface area (Å²) in [5.74, 6) is -1.11.